The summed E-state index contributed by atoms with van der Waals surface area (Å²) < 4.78 is 0. The van der Waals surface area contributed by atoms with Crippen molar-refractivity contribution in [1.82, 2.24) is 5.32 Å². The van der Waals surface area contributed by atoms with Crippen LogP contribution in [0.3, 0.4) is 0 Å². The number of aliphatic hydroxyl groups is 1. The molecule has 148 valence electrons. The maximum atomic E-state index is 9.82. The van der Waals surface area contributed by atoms with Crippen LogP contribution in [0.25, 0.3) is 0 Å². The van der Waals surface area contributed by atoms with E-state index in [1.54, 1.807) is 18.2 Å². The maximum absolute atomic E-state index is 9.82. The van der Waals surface area contributed by atoms with Crippen molar-refractivity contribution in [1.29, 1.82) is 0 Å². The lowest BCUT2D eigenvalue weighted by Gasteiger charge is -2.49. The van der Waals surface area contributed by atoms with Gasteiger partial charge in [0, 0.05) is 0 Å². The quantitative estimate of drug-likeness (QED) is 0.450. The van der Waals surface area contributed by atoms with Gasteiger partial charge in [0.1, 0.15) is 6.23 Å². The lowest BCUT2D eigenvalue weighted by Crippen LogP contribution is -2.36. The summed E-state index contributed by atoms with van der Waals surface area (Å²) in [6.45, 7) is 18.6. The molecule has 0 bridgehead atoms. The minimum absolute atomic E-state index is 0.359. The van der Waals surface area contributed by atoms with Crippen molar-refractivity contribution in [2.45, 2.75) is 86.3 Å². The summed E-state index contributed by atoms with van der Waals surface area (Å²) in [6, 6.07) is 0. The first-order chi connectivity index (χ1) is 12.0. The highest BCUT2D eigenvalue weighted by molar-refractivity contribution is 5.32. The van der Waals surface area contributed by atoms with Crippen molar-refractivity contribution in [2.75, 3.05) is 7.05 Å². The third kappa shape index (κ3) is 4.70. The Morgan fingerprint density at radius 2 is 1.73 bits per heavy atom. The number of hydrogen-bond acceptors (Lipinski definition) is 2. The zero-order valence-electron chi connectivity index (χ0n) is 18.2. The van der Waals surface area contributed by atoms with E-state index in [0.29, 0.717) is 16.7 Å². The number of aliphatic hydroxyl groups excluding tert-OH is 1. The van der Waals surface area contributed by atoms with E-state index in [4.69, 9.17) is 0 Å². The second-order valence-electron chi connectivity index (χ2n) is 10.2. The second-order valence-corrected chi connectivity index (χ2v) is 10.2. The molecule has 2 N–H and O–H groups in total. The third-order valence-corrected chi connectivity index (χ3v) is 7.14. The number of allylic oxidation sites excluding steroid dienone is 4. The highest BCUT2D eigenvalue weighted by Crippen LogP contribution is 2.56. The van der Waals surface area contributed by atoms with E-state index >= 15 is 0 Å². The summed E-state index contributed by atoms with van der Waals surface area (Å²) in [6.07, 6.45) is 8.68. The van der Waals surface area contributed by atoms with Crippen molar-refractivity contribution < 1.29 is 5.11 Å². The van der Waals surface area contributed by atoms with Gasteiger partial charge in [-0.3, -0.25) is 5.32 Å². The van der Waals surface area contributed by atoms with Crippen LogP contribution in [0.5, 0.6) is 0 Å². The minimum atomic E-state index is -0.547. The summed E-state index contributed by atoms with van der Waals surface area (Å²) in [4.78, 5) is 0. The van der Waals surface area contributed by atoms with Crippen molar-refractivity contribution in [2.24, 2.45) is 22.7 Å². The first-order valence-electron chi connectivity index (χ1n) is 10.4. The Morgan fingerprint density at radius 3 is 2.27 bits per heavy atom. The Morgan fingerprint density at radius 1 is 1.19 bits per heavy atom. The van der Waals surface area contributed by atoms with Gasteiger partial charge in [-0.15, -0.1) is 0 Å². The first-order valence-corrected chi connectivity index (χ1v) is 10.4. The van der Waals surface area contributed by atoms with Crippen LogP contribution in [-0.4, -0.2) is 18.4 Å². The van der Waals surface area contributed by atoms with Gasteiger partial charge in [-0.2, -0.15) is 0 Å². The fraction of sp³-hybridized carbons (Fsp3) is 0.750. The highest BCUT2D eigenvalue weighted by atomic mass is 16.3. The summed E-state index contributed by atoms with van der Waals surface area (Å²) in [5.74, 6) is 1.43. The zero-order valence-corrected chi connectivity index (χ0v) is 18.2. The van der Waals surface area contributed by atoms with E-state index < -0.39 is 6.23 Å². The van der Waals surface area contributed by atoms with Gasteiger partial charge in [-0.05, 0) is 80.7 Å². The van der Waals surface area contributed by atoms with Gasteiger partial charge in [0.15, 0.2) is 0 Å². The summed E-state index contributed by atoms with van der Waals surface area (Å²) in [5, 5.41) is 12.7. The second kappa shape index (κ2) is 8.02. The van der Waals surface area contributed by atoms with E-state index in [0.717, 1.165) is 24.3 Å². The molecule has 0 spiro atoms. The van der Waals surface area contributed by atoms with Gasteiger partial charge in [-0.1, -0.05) is 64.0 Å². The fourth-order valence-electron chi connectivity index (χ4n) is 4.87. The van der Waals surface area contributed by atoms with Crippen molar-refractivity contribution in [3.05, 3.63) is 34.9 Å². The zero-order chi connectivity index (χ0) is 19.7. The van der Waals surface area contributed by atoms with Gasteiger partial charge in [0.25, 0.3) is 0 Å². The molecule has 2 heteroatoms. The number of hydrogen-bond donors (Lipinski definition) is 2. The number of likely N-dealkylation sites (N-methyl/N-ethyl adjacent to an activating group) is 1. The van der Waals surface area contributed by atoms with Crippen LogP contribution in [0.1, 0.15) is 80.1 Å². The highest BCUT2D eigenvalue weighted by Gasteiger charge is 2.43. The molecule has 0 aromatic carbocycles. The minimum Gasteiger partial charge on any atom is -0.375 e. The van der Waals surface area contributed by atoms with Crippen LogP contribution in [-0.2, 0) is 0 Å². The normalized spacial score (nSPS) is 29.3. The number of rotatable bonds is 6. The van der Waals surface area contributed by atoms with Crippen LogP contribution < -0.4 is 5.32 Å². The van der Waals surface area contributed by atoms with Crippen LogP contribution in [0.15, 0.2) is 34.9 Å². The SMILES string of the molecule is C=C(C/C=C(\C)C(O)NC)CC1CC2=C(CC1C)C(C)(C)CCC2(C)C. The van der Waals surface area contributed by atoms with Gasteiger partial charge in [0.2, 0.25) is 0 Å². The van der Waals surface area contributed by atoms with E-state index in [2.05, 4.69) is 52.6 Å². The van der Waals surface area contributed by atoms with E-state index in [1.807, 2.05) is 6.92 Å². The smallest absolute Gasteiger partial charge is 0.126 e. The van der Waals surface area contributed by atoms with Gasteiger partial charge >= 0.3 is 0 Å². The van der Waals surface area contributed by atoms with Crippen molar-refractivity contribution in [3.8, 4) is 0 Å². The molecule has 0 radical (unpaired) electrons. The summed E-state index contributed by atoms with van der Waals surface area (Å²) in [5.41, 5.74) is 6.52. The van der Waals surface area contributed by atoms with Gasteiger partial charge in [0.05, 0.1) is 0 Å². The molecule has 2 nitrogen and oxygen atoms in total. The molecule has 2 aliphatic rings. The average molecular weight is 360 g/mol. The molecular weight excluding hydrogens is 318 g/mol. The monoisotopic (exact) mass is 359 g/mol. The molecule has 2 rings (SSSR count). The van der Waals surface area contributed by atoms with E-state index in [1.165, 1.54) is 31.3 Å². The molecule has 2 aliphatic carbocycles. The fourth-order valence-corrected chi connectivity index (χ4v) is 4.87. The Bertz CT molecular complexity index is 593. The molecule has 0 aliphatic heterocycles. The molecular formula is C24H41NO. The molecule has 0 aromatic heterocycles. The lowest BCUT2D eigenvalue weighted by atomic mass is 9.56. The molecule has 0 aromatic rings. The standard InChI is InChI=1S/C24H41NO/c1-16(9-10-17(2)22(26)25-8)13-19-15-21-20(14-18(19)3)23(4,5)11-12-24(21,6)7/h10,18-19,22,25-26H,1,9,11-15H2,2-8H3/b17-10+. The molecule has 3 atom stereocenters. The topological polar surface area (TPSA) is 32.3 Å². The van der Waals surface area contributed by atoms with Crippen molar-refractivity contribution in [3.63, 3.8) is 0 Å². The Kier molecular flexibility index (Phi) is 6.62. The average Bonchev–Trinajstić information content (AvgIpc) is 2.57. The molecule has 0 fully saturated rings. The Hall–Kier alpha value is -0.860. The van der Waals surface area contributed by atoms with Crippen LogP contribution >= 0.6 is 0 Å². The molecule has 0 saturated heterocycles. The summed E-state index contributed by atoms with van der Waals surface area (Å²) in [7, 11) is 1.78. The van der Waals surface area contributed by atoms with Crippen LogP contribution in [0, 0.1) is 22.7 Å². The molecule has 0 amide bonds. The maximum Gasteiger partial charge on any atom is 0.126 e. The van der Waals surface area contributed by atoms with Crippen LogP contribution in [0.4, 0.5) is 0 Å². The predicted molar refractivity (Wildman–Crippen MR) is 113 cm³/mol. The molecule has 3 unspecified atom stereocenters. The number of nitrogens with one attached hydrogen (secondary N) is 1. The first kappa shape index (κ1) is 21.4. The van der Waals surface area contributed by atoms with Gasteiger partial charge < -0.3 is 5.11 Å². The van der Waals surface area contributed by atoms with Crippen molar-refractivity contribution >= 4 is 0 Å². The predicted octanol–water partition coefficient (Wildman–Crippen LogP) is 6.00. The Labute approximate surface area is 161 Å². The Balaban J connectivity index is 2.09. The van der Waals surface area contributed by atoms with E-state index in [9.17, 15) is 5.11 Å². The van der Waals surface area contributed by atoms with Crippen LogP contribution in [0.2, 0.25) is 0 Å². The largest absolute Gasteiger partial charge is 0.375 e. The third-order valence-electron chi connectivity index (χ3n) is 7.14. The van der Waals surface area contributed by atoms with E-state index in [-0.39, 0.29) is 0 Å². The molecule has 0 heterocycles. The van der Waals surface area contributed by atoms with Gasteiger partial charge in [-0.25, -0.2) is 0 Å². The molecule has 0 saturated carbocycles. The molecule has 26 heavy (non-hydrogen) atoms. The summed E-state index contributed by atoms with van der Waals surface area (Å²) >= 11 is 0. The lowest BCUT2D eigenvalue weighted by molar-refractivity contribution is 0.182.